The van der Waals surface area contributed by atoms with Crippen molar-refractivity contribution in [2.24, 2.45) is 0 Å². The first kappa shape index (κ1) is 13.3. The molecule has 6 nitrogen and oxygen atoms in total. The molecular formula is C7H4ClF3N2O4. The number of nitro groups is 1. The summed E-state index contributed by atoms with van der Waals surface area (Å²) >= 11 is 5.28. The van der Waals surface area contributed by atoms with Gasteiger partial charge in [-0.1, -0.05) is 0 Å². The van der Waals surface area contributed by atoms with E-state index in [1.165, 1.54) is 0 Å². The Kier molecular flexibility index (Phi) is 3.61. The third-order valence-electron chi connectivity index (χ3n) is 1.68. The predicted molar refractivity (Wildman–Crippen MR) is 50.0 cm³/mol. The lowest BCUT2D eigenvalue weighted by molar-refractivity contribution is -0.386. The number of hydrogen-bond acceptors (Lipinski definition) is 4. The quantitative estimate of drug-likeness (QED) is 0.517. The molecule has 1 heterocycles. The number of aromatic amines is 1. The van der Waals surface area contributed by atoms with Gasteiger partial charge in [0, 0.05) is 0 Å². The minimum absolute atomic E-state index is 0.627. The summed E-state index contributed by atoms with van der Waals surface area (Å²) in [7, 11) is 0. The molecule has 0 aliphatic rings. The van der Waals surface area contributed by atoms with E-state index in [-0.39, 0.29) is 0 Å². The van der Waals surface area contributed by atoms with Crippen LogP contribution in [-0.2, 0) is 5.88 Å². The van der Waals surface area contributed by atoms with Crippen molar-refractivity contribution in [1.82, 2.24) is 4.98 Å². The van der Waals surface area contributed by atoms with Crippen LogP contribution in [0.3, 0.4) is 0 Å². The van der Waals surface area contributed by atoms with Crippen molar-refractivity contribution in [3.05, 3.63) is 32.2 Å². The van der Waals surface area contributed by atoms with Gasteiger partial charge in [0.05, 0.1) is 22.6 Å². The van der Waals surface area contributed by atoms with E-state index < -0.39 is 39.7 Å². The maximum absolute atomic E-state index is 12.0. The van der Waals surface area contributed by atoms with Gasteiger partial charge in [-0.2, -0.15) is 0 Å². The second kappa shape index (κ2) is 4.62. The zero-order valence-electron chi connectivity index (χ0n) is 7.88. The highest BCUT2D eigenvalue weighted by molar-refractivity contribution is 6.17. The topological polar surface area (TPSA) is 85.2 Å². The summed E-state index contributed by atoms with van der Waals surface area (Å²) in [6.07, 6.45) is -4.48. The summed E-state index contributed by atoms with van der Waals surface area (Å²) in [4.78, 5) is 22.4. The highest BCUT2D eigenvalue weighted by Crippen LogP contribution is 2.29. The van der Waals surface area contributed by atoms with E-state index >= 15 is 0 Å². The van der Waals surface area contributed by atoms with E-state index in [2.05, 4.69) is 4.74 Å². The molecule has 0 radical (unpaired) electrons. The molecule has 0 spiro atoms. The van der Waals surface area contributed by atoms with Crippen molar-refractivity contribution in [1.29, 1.82) is 0 Å². The molecule has 1 rings (SSSR count). The average molecular weight is 273 g/mol. The summed E-state index contributed by atoms with van der Waals surface area (Å²) < 4.78 is 39.4. The normalized spacial score (nSPS) is 11.3. The number of pyridine rings is 1. The van der Waals surface area contributed by atoms with Gasteiger partial charge in [0.15, 0.2) is 0 Å². The number of nitrogens with one attached hydrogen (secondary N) is 1. The average Bonchev–Trinajstić information content (AvgIpc) is 2.18. The van der Waals surface area contributed by atoms with Crippen molar-refractivity contribution in [3.8, 4) is 5.75 Å². The third kappa shape index (κ3) is 3.09. The van der Waals surface area contributed by atoms with Crippen LogP contribution in [0.25, 0.3) is 0 Å². The second-order valence-electron chi connectivity index (χ2n) is 2.75. The highest BCUT2D eigenvalue weighted by Gasteiger charge is 2.35. The van der Waals surface area contributed by atoms with Crippen LogP contribution in [-0.4, -0.2) is 16.3 Å². The van der Waals surface area contributed by atoms with Crippen LogP contribution in [0.2, 0.25) is 0 Å². The molecule has 0 amide bonds. The predicted octanol–water partition coefficient (Wildman–Crippen LogP) is 1.92. The largest absolute Gasteiger partial charge is 0.573 e. The minimum Gasteiger partial charge on any atom is -0.399 e. The fraction of sp³-hybridized carbons (Fsp3) is 0.286. The summed E-state index contributed by atoms with van der Waals surface area (Å²) in [5.74, 6) is -1.88. The molecule has 1 N–H and O–H groups in total. The smallest absolute Gasteiger partial charge is 0.399 e. The van der Waals surface area contributed by atoms with Crippen LogP contribution in [0.4, 0.5) is 18.9 Å². The first-order chi connectivity index (χ1) is 7.76. The lowest BCUT2D eigenvalue weighted by Gasteiger charge is -2.10. The molecule has 0 aromatic carbocycles. The Labute approximate surface area is 96.1 Å². The van der Waals surface area contributed by atoms with Crippen LogP contribution in [0.1, 0.15) is 5.56 Å². The molecule has 1 aromatic rings. The number of aromatic nitrogens is 1. The lowest BCUT2D eigenvalue weighted by Crippen LogP contribution is -2.24. The van der Waals surface area contributed by atoms with Crippen LogP contribution in [0.5, 0.6) is 5.75 Å². The van der Waals surface area contributed by atoms with E-state index in [4.69, 9.17) is 11.6 Å². The van der Waals surface area contributed by atoms with E-state index in [9.17, 15) is 28.1 Å². The fourth-order valence-corrected chi connectivity index (χ4v) is 1.31. The molecule has 0 fully saturated rings. The molecule has 0 unspecified atom stereocenters. The summed E-state index contributed by atoms with van der Waals surface area (Å²) in [6.45, 7) is 0. The van der Waals surface area contributed by atoms with Crippen LogP contribution >= 0.6 is 11.6 Å². The van der Waals surface area contributed by atoms with Gasteiger partial charge >= 0.3 is 6.36 Å². The van der Waals surface area contributed by atoms with E-state index in [1.807, 2.05) is 0 Å². The van der Waals surface area contributed by atoms with Crippen molar-refractivity contribution in [3.63, 3.8) is 0 Å². The Hall–Kier alpha value is -1.77. The number of halogens is 4. The first-order valence-electron chi connectivity index (χ1n) is 3.97. The molecular weight excluding hydrogens is 269 g/mol. The second-order valence-corrected chi connectivity index (χ2v) is 3.02. The van der Waals surface area contributed by atoms with Crippen LogP contribution < -0.4 is 10.3 Å². The van der Waals surface area contributed by atoms with E-state index in [0.29, 0.717) is 6.20 Å². The molecule has 0 aliphatic heterocycles. The molecule has 0 aliphatic carbocycles. The first-order valence-corrected chi connectivity index (χ1v) is 4.50. The number of nitrogens with zero attached hydrogens (tertiary/aromatic N) is 1. The van der Waals surface area contributed by atoms with Crippen LogP contribution in [0.15, 0.2) is 11.0 Å². The van der Waals surface area contributed by atoms with Gasteiger partial charge in [0.1, 0.15) is 0 Å². The summed E-state index contributed by atoms with van der Waals surface area (Å²) in [5, 5.41) is 10.5. The SMILES string of the molecule is O=c1[nH]cc([N+](=O)[O-])c(CCl)c1OC(F)(F)F. The Morgan fingerprint density at radius 1 is 1.53 bits per heavy atom. The van der Waals surface area contributed by atoms with Gasteiger partial charge in [-0.05, 0) is 0 Å². The van der Waals surface area contributed by atoms with Crippen molar-refractivity contribution in [2.45, 2.75) is 12.2 Å². The standard InChI is InChI=1S/C7H4ClF3N2O4/c8-1-3-4(13(15)16)2-12-6(14)5(3)17-7(9,10)11/h2H,1H2,(H,12,14). The zero-order valence-corrected chi connectivity index (χ0v) is 8.63. The van der Waals surface area contributed by atoms with E-state index in [1.54, 1.807) is 4.98 Å². The number of hydrogen-bond donors (Lipinski definition) is 1. The number of H-pyrrole nitrogens is 1. The Balaban J connectivity index is 3.41. The molecule has 10 heteroatoms. The van der Waals surface area contributed by atoms with E-state index in [0.717, 1.165) is 0 Å². The number of rotatable bonds is 3. The maximum atomic E-state index is 12.0. The van der Waals surface area contributed by atoms with Gasteiger partial charge in [-0.3, -0.25) is 14.9 Å². The molecule has 1 aromatic heterocycles. The van der Waals surface area contributed by atoms with Gasteiger partial charge in [-0.15, -0.1) is 24.8 Å². The zero-order chi connectivity index (χ0) is 13.2. The molecule has 0 saturated carbocycles. The summed E-state index contributed by atoms with van der Waals surface area (Å²) in [5.41, 5.74) is -2.62. The molecule has 0 atom stereocenters. The van der Waals surface area contributed by atoms with Gasteiger partial charge < -0.3 is 9.72 Å². The van der Waals surface area contributed by atoms with Gasteiger partial charge in [0.2, 0.25) is 5.75 Å². The third-order valence-corrected chi connectivity index (χ3v) is 1.94. The molecule has 0 bridgehead atoms. The Bertz CT molecular complexity index is 499. The summed E-state index contributed by atoms with van der Waals surface area (Å²) in [6, 6.07) is 0. The molecule has 17 heavy (non-hydrogen) atoms. The van der Waals surface area contributed by atoms with Crippen molar-refractivity contribution in [2.75, 3.05) is 0 Å². The van der Waals surface area contributed by atoms with Gasteiger partial charge in [0.25, 0.3) is 11.2 Å². The Morgan fingerprint density at radius 3 is 2.53 bits per heavy atom. The highest BCUT2D eigenvalue weighted by atomic mass is 35.5. The number of ether oxygens (including phenoxy) is 1. The van der Waals surface area contributed by atoms with Crippen LogP contribution in [0, 0.1) is 10.1 Å². The van der Waals surface area contributed by atoms with Gasteiger partial charge in [-0.25, -0.2) is 0 Å². The maximum Gasteiger partial charge on any atom is 0.573 e. The fourth-order valence-electron chi connectivity index (χ4n) is 1.06. The molecule has 94 valence electrons. The van der Waals surface area contributed by atoms with Crippen molar-refractivity contribution >= 4 is 17.3 Å². The monoisotopic (exact) mass is 272 g/mol. The van der Waals surface area contributed by atoms with Crippen molar-refractivity contribution < 1.29 is 22.8 Å². The lowest BCUT2D eigenvalue weighted by atomic mass is 10.2. The molecule has 0 saturated heterocycles. The Morgan fingerprint density at radius 2 is 2.12 bits per heavy atom. The number of alkyl halides is 4. The minimum atomic E-state index is -5.14.